The summed E-state index contributed by atoms with van der Waals surface area (Å²) in [7, 11) is 0. The van der Waals surface area contributed by atoms with Crippen LogP contribution >= 0.6 is 0 Å². The zero-order chi connectivity index (χ0) is 17.8. The van der Waals surface area contributed by atoms with E-state index in [1.165, 1.54) is 12.1 Å². The number of carbonyl (C=O) groups is 1. The van der Waals surface area contributed by atoms with E-state index in [4.69, 9.17) is 10.5 Å². The fourth-order valence-corrected chi connectivity index (χ4v) is 1.95. The molecular formula is C16H23F3N2O2. The van der Waals surface area contributed by atoms with Crippen molar-refractivity contribution in [1.82, 2.24) is 5.32 Å². The van der Waals surface area contributed by atoms with Gasteiger partial charge >= 0.3 is 6.18 Å². The van der Waals surface area contributed by atoms with Gasteiger partial charge in [-0.1, -0.05) is 6.07 Å². The number of nitrogens with two attached hydrogens (primary N) is 1. The molecule has 0 bridgehead atoms. The number of benzene rings is 1. The van der Waals surface area contributed by atoms with Gasteiger partial charge in [-0.05, 0) is 45.4 Å². The van der Waals surface area contributed by atoms with E-state index >= 15 is 0 Å². The monoisotopic (exact) mass is 332 g/mol. The average molecular weight is 332 g/mol. The number of hydrogen-bond donors (Lipinski definition) is 2. The molecule has 1 atom stereocenters. The lowest BCUT2D eigenvalue weighted by Crippen LogP contribution is -2.30. The Labute approximate surface area is 134 Å². The van der Waals surface area contributed by atoms with Crippen LogP contribution < -0.4 is 15.8 Å². The smallest absolute Gasteiger partial charge is 0.416 e. The summed E-state index contributed by atoms with van der Waals surface area (Å²) in [5.74, 6) is -0.251. The van der Waals surface area contributed by atoms with Crippen molar-refractivity contribution in [3.05, 3.63) is 29.3 Å². The fourth-order valence-electron chi connectivity index (χ4n) is 1.95. The first-order valence-electron chi connectivity index (χ1n) is 7.30. The van der Waals surface area contributed by atoms with Crippen molar-refractivity contribution in [3.8, 4) is 5.75 Å². The zero-order valence-electron chi connectivity index (χ0n) is 13.8. The second kappa shape index (κ2) is 7.21. The number of amides is 1. The van der Waals surface area contributed by atoms with Crippen molar-refractivity contribution in [1.29, 1.82) is 0 Å². The van der Waals surface area contributed by atoms with Crippen LogP contribution in [0.15, 0.2) is 18.2 Å². The zero-order valence-corrected chi connectivity index (χ0v) is 13.8. The van der Waals surface area contributed by atoms with Crippen LogP contribution in [0.4, 0.5) is 13.2 Å². The van der Waals surface area contributed by atoms with Gasteiger partial charge in [0.15, 0.2) is 0 Å². The van der Waals surface area contributed by atoms with Gasteiger partial charge in [-0.2, -0.15) is 13.2 Å². The summed E-state index contributed by atoms with van der Waals surface area (Å²) in [6.45, 7) is 6.70. The Morgan fingerprint density at radius 2 is 1.91 bits per heavy atom. The highest BCUT2D eigenvalue weighted by molar-refractivity contribution is 5.76. The van der Waals surface area contributed by atoms with Gasteiger partial charge in [0, 0.05) is 19.0 Å². The van der Waals surface area contributed by atoms with Crippen molar-refractivity contribution in [2.24, 2.45) is 5.73 Å². The van der Waals surface area contributed by atoms with E-state index in [1.807, 2.05) is 0 Å². The van der Waals surface area contributed by atoms with Gasteiger partial charge in [0.05, 0.1) is 5.56 Å². The molecule has 0 saturated heterocycles. The predicted molar refractivity (Wildman–Crippen MR) is 81.9 cm³/mol. The molecule has 0 spiro atoms. The molecule has 1 rings (SSSR count). The van der Waals surface area contributed by atoms with Crippen LogP contribution in [-0.4, -0.2) is 17.6 Å². The predicted octanol–water partition coefficient (Wildman–Crippen LogP) is 3.24. The first-order chi connectivity index (χ1) is 10.4. The minimum absolute atomic E-state index is 0.0169. The standard InChI is InChI=1S/C16H23F3N2O2/c1-10(20)7-14(22)21-9-11-5-6-12(23-15(2,3)4)8-13(11)16(17,18)19/h5-6,8,10H,7,9,20H2,1-4H3,(H,21,22). The Morgan fingerprint density at radius 1 is 1.30 bits per heavy atom. The summed E-state index contributed by atoms with van der Waals surface area (Å²) in [6.07, 6.45) is -4.47. The molecule has 1 amide bonds. The molecular weight excluding hydrogens is 309 g/mol. The van der Waals surface area contributed by atoms with Crippen molar-refractivity contribution < 1.29 is 22.7 Å². The van der Waals surface area contributed by atoms with Crippen LogP contribution in [0.2, 0.25) is 0 Å². The van der Waals surface area contributed by atoms with Gasteiger partial charge in [-0.25, -0.2) is 0 Å². The maximum atomic E-state index is 13.2. The number of halogens is 3. The molecule has 0 saturated carbocycles. The Hall–Kier alpha value is -1.76. The van der Waals surface area contributed by atoms with Crippen LogP contribution in [0, 0.1) is 0 Å². The van der Waals surface area contributed by atoms with Gasteiger partial charge in [0.2, 0.25) is 5.91 Å². The van der Waals surface area contributed by atoms with E-state index in [2.05, 4.69) is 5.32 Å². The highest BCUT2D eigenvalue weighted by Crippen LogP contribution is 2.35. The largest absolute Gasteiger partial charge is 0.488 e. The number of hydrogen-bond acceptors (Lipinski definition) is 3. The van der Waals surface area contributed by atoms with Gasteiger partial charge < -0.3 is 15.8 Å². The van der Waals surface area contributed by atoms with E-state index in [0.717, 1.165) is 6.07 Å². The molecule has 0 aliphatic heterocycles. The van der Waals surface area contributed by atoms with E-state index in [1.54, 1.807) is 27.7 Å². The van der Waals surface area contributed by atoms with Crippen LogP contribution in [-0.2, 0) is 17.5 Å². The summed E-state index contributed by atoms with van der Waals surface area (Å²) in [5.41, 5.74) is 4.05. The summed E-state index contributed by atoms with van der Waals surface area (Å²) in [5, 5.41) is 2.45. The molecule has 0 aromatic heterocycles. The number of alkyl halides is 3. The molecule has 1 unspecified atom stereocenters. The second-order valence-electron chi connectivity index (χ2n) is 6.49. The summed E-state index contributed by atoms with van der Waals surface area (Å²) in [4.78, 5) is 11.5. The highest BCUT2D eigenvalue weighted by atomic mass is 19.4. The fraction of sp³-hybridized carbons (Fsp3) is 0.562. The lowest BCUT2D eigenvalue weighted by molar-refractivity contribution is -0.138. The summed E-state index contributed by atoms with van der Waals surface area (Å²) < 4.78 is 45.1. The van der Waals surface area contributed by atoms with Crippen LogP contribution in [0.5, 0.6) is 5.75 Å². The Morgan fingerprint density at radius 3 is 2.39 bits per heavy atom. The van der Waals surface area contributed by atoms with Gasteiger partial charge in [0.1, 0.15) is 11.4 Å². The van der Waals surface area contributed by atoms with E-state index in [0.29, 0.717) is 0 Å². The third-order valence-corrected chi connectivity index (χ3v) is 2.79. The Bertz CT molecular complexity index is 549. The average Bonchev–Trinajstić information content (AvgIpc) is 2.33. The van der Waals surface area contributed by atoms with Crippen molar-refractivity contribution in [2.75, 3.05) is 0 Å². The lowest BCUT2D eigenvalue weighted by atomic mass is 10.1. The molecule has 0 heterocycles. The molecule has 1 aromatic rings. The minimum Gasteiger partial charge on any atom is -0.488 e. The van der Waals surface area contributed by atoms with Gasteiger partial charge in [0.25, 0.3) is 0 Å². The molecule has 7 heteroatoms. The van der Waals surface area contributed by atoms with E-state index < -0.39 is 17.3 Å². The molecule has 0 fully saturated rings. The quantitative estimate of drug-likeness (QED) is 0.870. The van der Waals surface area contributed by atoms with E-state index in [-0.39, 0.29) is 36.2 Å². The number of rotatable bonds is 5. The molecule has 3 N–H and O–H groups in total. The van der Waals surface area contributed by atoms with Crippen molar-refractivity contribution in [3.63, 3.8) is 0 Å². The Balaban J connectivity index is 2.96. The normalized spacial score (nSPS) is 13.6. The topological polar surface area (TPSA) is 64.4 Å². The first kappa shape index (κ1) is 19.3. The lowest BCUT2D eigenvalue weighted by Gasteiger charge is -2.23. The molecule has 1 aromatic carbocycles. The van der Waals surface area contributed by atoms with Crippen molar-refractivity contribution >= 4 is 5.91 Å². The first-order valence-corrected chi connectivity index (χ1v) is 7.30. The summed E-state index contributed by atoms with van der Waals surface area (Å²) >= 11 is 0. The molecule has 0 aliphatic rings. The number of nitrogens with one attached hydrogen (secondary N) is 1. The number of ether oxygens (including phenoxy) is 1. The minimum atomic E-state index is -4.53. The third kappa shape index (κ3) is 6.90. The van der Waals surface area contributed by atoms with Gasteiger partial charge in [-0.15, -0.1) is 0 Å². The van der Waals surface area contributed by atoms with E-state index in [9.17, 15) is 18.0 Å². The molecule has 23 heavy (non-hydrogen) atoms. The van der Waals surface area contributed by atoms with Crippen LogP contribution in [0.3, 0.4) is 0 Å². The third-order valence-electron chi connectivity index (χ3n) is 2.79. The van der Waals surface area contributed by atoms with Crippen LogP contribution in [0.25, 0.3) is 0 Å². The summed E-state index contributed by atoms with van der Waals surface area (Å²) in [6, 6.07) is 3.39. The Kier molecular flexibility index (Phi) is 6.04. The molecule has 0 radical (unpaired) electrons. The van der Waals surface area contributed by atoms with Gasteiger partial charge in [-0.3, -0.25) is 4.79 Å². The highest BCUT2D eigenvalue weighted by Gasteiger charge is 2.34. The maximum absolute atomic E-state index is 13.2. The van der Waals surface area contributed by atoms with Crippen LogP contribution in [0.1, 0.15) is 45.2 Å². The second-order valence-corrected chi connectivity index (χ2v) is 6.49. The molecule has 4 nitrogen and oxygen atoms in total. The SMILES string of the molecule is CC(N)CC(=O)NCc1ccc(OC(C)(C)C)cc1C(F)(F)F. The van der Waals surface area contributed by atoms with Crippen molar-refractivity contribution in [2.45, 2.75) is 58.5 Å². The molecule has 130 valence electrons. The maximum Gasteiger partial charge on any atom is 0.416 e. The number of carbonyl (C=O) groups excluding carboxylic acids is 1. The molecule has 0 aliphatic carbocycles.